The lowest BCUT2D eigenvalue weighted by Gasteiger charge is -2.22. The zero-order chi connectivity index (χ0) is 12.8. The van der Waals surface area contributed by atoms with Crippen molar-refractivity contribution in [3.8, 4) is 0 Å². The van der Waals surface area contributed by atoms with E-state index in [0.717, 1.165) is 6.42 Å². The molecule has 96 valence electrons. The maximum atomic E-state index is 11.8. The fourth-order valence-electron chi connectivity index (χ4n) is 1.98. The summed E-state index contributed by atoms with van der Waals surface area (Å²) >= 11 is 0. The van der Waals surface area contributed by atoms with E-state index >= 15 is 0 Å². The Bertz CT molecular complexity index is 315. The van der Waals surface area contributed by atoms with Crippen molar-refractivity contribution in [2.75, 3.05) is 13.7 Å². The van der Waals surface area contributed by atoms with E-state index in [4.69, 9.17) is 5.11 Å². The maximum Gasteiger partial charge on any atom is 0.328 e. The summed E-state index contributed by atoms with van der Waals surface area (Å²) in [4.78, 5) is 35.0. The van der Waals surface area contributed by atoms with Crippen molar-refractivity contribution >= 4 is 17.8 Å². The quantitative estimate of drug-likeness (QED) is 0.707. The molecule has 0 spiro atoms. The number of ether oxygens (including phenoxy) is 1. The summed E-state index contributed by atoms with van der Waals surface area (Å²) in [6.07, 6.45) is 1.85. The standard InChI is InChI=1S/C11H17NO5/c1-17-11(16)8-4-3-7-12(8)9(13)5-2-6-10(14)15/h8H,2-7H2,1H3,(H,14,15). The zero-order valence-electron chi connectivity index (χ0n) is 9.85. The van der Waals surface area contributed by atoms with Crippen LogP contribution in [-0.2, 0) is 19.1 Å². The zero-order valence-corrected chi connectivity index (χ0v) is 9.85. The molecular weight excluding hydrogens is 226 g/mol. The first kappa shape index (κ1) is 13.5. The minimum atomic E-state index is -0.913. The van der Waals surface area contributed by atoms with E-state index in [1.165, 1.54) is 12.0 Å². The van der Waals surface area contributed by atoms with Crippen LogP contribution in [0.4, 0.5) is 0 Å². The molecule has 0 radical (unpaired) electrons. The van der Waals surface area contributed by atoms with E-state index in [0.29, 0.717) is 19.4 Å². The van der Waals surface area contributed by atoms with Crippen LogP contribution in [0.2, 0.25) is 0 Å². The number of carboxylic acids is 1. The van der Waals surface area contributed by atoms with Crippen LogP contribution in [0.15, 0.2) is 0 Å². The number of methoxy groups -OCH3 is 1. The van der Waals surface area contributed by atoms with Crippen LogP contribution in [0, 0.1) is 0 Å². The number of hydrogen-bond acceptors (Lipinski definition) is 4. The molecule has 0 aromatic rings. The van der Waals surface area contributed by atoms with Crippen molar-refractivity contribution in [2.45, 2.75) is 38.1 Å². The summed E-state index contributed by atoms with van der Waals surface area (Å²) in [6, 6.07) is -0.489. The summed E-state index contributed by atoms with van der Waals surface area (Å²) < 4.78 is 4.63. The van der Waals surface area contributed by atoms with Crippen molar-refractivity contribution in [3.63, 3.8) is 0 Å². The van der Waals surface area contributed by atoms with Crippen molar-refractivity contribution in [1.82, 2.24) is 4.90 Å². The van der Waals surface area contributed by atoms with Crippen molar-refractivity contribution in [1.29, 1.82) is 0 Å². The SMILES string of the molecule is COC(=O)C1CCCN1C(=O)CCCC(=O)O. The monoisotopic (exact) mass is 243 g/mol. The van der Waals surface area contributed by atoms with Crippen LogP contribution in [-0.4, -0.2) is 47.5 Å². The molecule has 17 heavy (non-hydrogen) atoms. The smallest absolute Gasteiger partial charge is 0.328 e. The van der Waals surface area contributed by atoms with E-state index in [1.54, 1.807) is 0 Å². The van der Waals surface area contributed by atoms with Crippen LogP contribution >= 0.6 is 0 Å². The van der Waals surface area contributed by atoms with Crippen LogP contribution in [0.5, 0.6) is 0 Å². The molecule has 0 aromatic carbocycles. The second kappa shape index (κ2) is 6.22. The van der Waals surface area contributed by atoms with E-state index in [1.807, 2.05) is 0 Å². The summed E-state index contributed by atoms with van der Waals surface area (Å²) in [5.41, 5.74) is 0. The molecule has 1 N–H and O–H groups in total. The van der Waals surface area contributed by atoms with Gasteiger partial charge in [-0.15, -0.1) is 0 Å². The van der Waals surface area contributed by atoms with Crippen LogP contribution < -0.4 is 0 Å². The molecule has 1 amide bonds. The number of hydrogen-bond donors (Lipinski definition) is 1. The summed E-state index contributed by atoms with van der Waals surface area (Å²) in [5.74, 6) is -1.48. The molecular formula is C11H17NO5. The van der Waals surface area contributed by atoms with Gasteiger partial charge in [-0.25, -0.2) is 4.79 Å². The number of carbonyl (C=O) groups excluding carboxylic acids is 2. The van der Waals surface area contributed by atoms with Gasteiger partial charge in [0.2, 0.25) is 5.91 Å². The normalized spacial score (nSPS) is 19.1. The van der Waals surface area contributed by atoms with E-state index in [9.17, 15) is 14.4 Å². The van der Waals surface area contributed by atoms with Gasteiger partial charge >= 0.3 is 11.9 Å². The fraction of sp³-hybridized carbons (Fsp3) is 0.727. The summed E-state index contributed by atoms with van der Waals surface area (Å²) in [7, 11) is 1.30. The molecule has 1 rings (SSSR count). The molecule has 1 aliphatic heterocycles. The molecule has 1 heterocycles. The molecule has 0 saturated carbocycles. The van der Waals surface area contributed by atoms with Crippen LogP contribution in [0.3, 0.4) is 0 Å². The van der Waals surface area contributed by atoms with Gasteiger partial charge in [-0.05, 0) is 19.3 Å². The molecule has 6 nitrogen and oxygen atoms in total. The highest BCUT2D eigenvalue weighted by molar-refractivity contribution is 5.85. The van der Waals surface area contributed by atoms with Gasteiger partial charge in [0.1, 0.15) is 6.04 Å². The average molecular weight is 243 g/mol. The third-order valence-corrected chi connectivity index (χ3v) is 2.83. The third-order valence-electron chi connectivity index (χ3n) is 2.83. The molecule has 0 bridgehead atoms. The lowest BCUT2D eigenvalue weighted by Crippen LogP contribution is -2.41. The van der Waals surface area contributed by atoms with Crippen LogP contribution in [0.25, 0.3) is 0 Å². The third kappa shape index (κ3) is 3.72. The summed E-state index contributed by atoms with van der Waals surface area (Å²) in [6.45, 7) is 0.547. The number of aliphatic carboxylic acids is 1. The first-order chi connectivity index (χ1) is 8.06. The van der Waals surface area contributed by atoms with Gasteiger partial charge in [-0.3, -0.25) is 9.59 Å². The van der Waals surface area contributed by atoms with Crippen molar-refractivity contribution < 1.29 is 24.2 Å². The molecule has 1 saturated heterocycles. The van der Waals surface area contributed by atoms with E-state index < -0.39 is 18.0 Å². The fourth-order valence-corrected chi connectivity index (χ4v) is 1.98. The topological polar surface area (TPSA) is 83.9 Å². The molecule has 1 atom stereocenters. The highest BCUT2D eigenvalue weighted by atomic mass is 16.5. The Labute approximate surface area is 99.5 Å². The highest BCUT2D eigenvalue weighted by Gasteiger charge is 2.34. The molecule has 0 aliphatic carbocycles. The number of likely N-dealkylation sites (tertiary alicyclic amines) is 1. The van der Waals surface area contributed by atoms with Crippen molar-refractivity contribution in [3.05, 3.63) is 0 Å². The van der Waals surface area contributed by atoms with Crippen LogP contribution in [0.1, 0.15) is 32.1 Å². The second-order valence-electron chi connectivity index (χ2n) is 4.02. The largest absolute Gasteiger partial charge is 0.481 e. The minimum absolute atomic E-state index is 0.0253. The molecule has 0 aromatic heterocycles. The maximum absolute atomic E-state index is 11.8. The Morgan fingerprint density at radius 1 is 1.35 bits per heavy atom. The van der Waals surface area contributed by atoms with E-state index in [2.05, 4.69) is 4.74 Å². The van der Waals surface area contributed by atoms with Gasteiger partial charge in [-0.2, -0.15) is 0 Å². The van der Waals surface area contributed by atoms with E-state index in [-0.39, 0.29) is 18.7 Å². The number of carboxylic acid groups (broad SMARTS) is 1. The second-order valence-corrected chi connectivity index (χ2v) is 4.02. The first-order valence-corrected chi connectivity index (χ1v) is 5.65. The number of nitrogens with zero attached hydrogens (tertiary/aromatic N) is 1. The predicted molar refractivity (Wildman–Crippen MR) is 58.2 cm³/mol. The van der Waals surface area contributed by atoms with Gasteiger partial charge in [0, 0.05) is 19.4 Å². The molecule has 1 unspecified atom stereocenters. The van der Waals surface area contributed by atoms with Gasteiger partial charge in [0.05, 0.1) is 7.11 Å². The van der Waals surface area contributed by atoms with Gasteiger partial charge in [0.25, 0.3) is 0 Å². The molecule has 6 heteroatoms. The number of amides is 1. The summed E-state index contributed by atoms with van der Waals surface area (Å²) in [5, 5.41) is 8.47. The lowest BCUT2D eigenvalue weighted by molar-refractivity contribution is -0.151. The Morgan fingerprint density at radius 2 is 2.06 bits per heavy atom. The number of carbonyl (C=O) groups is 3. The van der Waals surface area contributed by atoms with Crippen molar-refractivity contribution in [2.24, 2.45) is 0 Å². The molecule has 1 fully saturated rings. The minimum Gasteiger partial charge on any atom is -0.481 e. The number of rotatable bonds is 5. The first-order valence-electron chi connectivity index (χ1n) is 5.65. The van der Waals surface area contributed by atoms with Gasteiger partial charge in [-0.1, -0.05) is 0 Å². The Hall–Kier alpha value is -1.59. The van der Waals surface area contributed by atoms with Gasteiger partial charge < -0.3 is 14.7 Å². The molecule has 1 aliphatic rings. The van der Waals surface area contributed by atoms with Gasteiger partial charge in [0.15, 0.2) is 0 Å². The lowest BCUT2D eigenvalue weighted by atomic mass is 10.2. The Balaban J connectivity index is 2.44. The average Bonchev–Trinajstić information content (AvgIpc) is 2.76. The Morgan fingerprint density at radius 3 is 2.65 bits per heavy atom. The predicted octanol–water partition coefficient (Wildman–Crippen LogP) is 0.405. The number of esters is 1. The highest BCUT2D eigenvalue weighted by Crippen LogP contribution is 2.19. The Kier molecular flexibility index (Phi) is 4.93.